The van der Waals surface area contributed by atoms with Gasteiger partial charge in [-0.15, -0.1) is 0 Å². The van der Waals surface area contributed by atoms with Crippen LogP contribution in [0.25, 0.3) is 10.9 Å². The van der Waals surface area contributed by atoms with E-state index >= 15 is 0 Å². The van der Waals surface area contributed by atoms with E-state index in [-0.39, 0.29) is 5.91 Å². The van der Waals surface area contributed by atoms with Crippen molar-refractivity contribution in [2.24, 2.45) is 0 Å². The number of rotatable bonds is 7. The van der Waals surface area contributed by atoms with Crippen LogP contribution >= 0.6 is 0 Å². The second-order valence-corrected chi connectivity index (χ2v) is 7.91. The van der Waals surface area contributed by atoms with Gasteiger partial charge in [0.2, 0.25) is 5.91 Å². The number of anilines is 2. The van der Waals surface area contributed by atoms with Gasteiger partial charge in [-0.1, -0.05) is 24.3 Å². The molecule has 0 unspecified atom stereocenters. The Morgan fingerprint density at radius 3 is 2.71 bits per heavy atom. The Bertz CT molecular complexity index is 1080. The third-order valence-corrected chi connectivity index (χ3v) is 5.72. The Labute approximate surface area is 183 Å². The van der Waals surface area contributed by atoms with Gasteiger partial charge in [-0.25, -0.2) is 0 Å². The van der Waals surface area contributed by atoms with Crippen molar-refractivity contribution in [1.29, 1.82) is 5.26 Å². The fraction of sp³-hybridized carbons (Fsp3) is 0.320. The molecule has 2 aromatic carbocycles. The Morgan fingerprint density at radius 1 is 1.03 bits per heavy atom. The summed E-state index contributed by atoms with van der Waals surface area (Å²) in [6, 6.07) is 19.9. The SMILES string of the molecule is N#Cc1cccc(N2CCN(CCCCC(=O)Nc3cnc4ccccc4c3)CC2)c1. The number of amides is 1. The Hall–Kier alpha value is -3.43. The van der Waals surface area contributed by atoms with E-state index in [4.69, 9.17) is 5.26 Å². The molecule has 0 bridgehead atoms. The van der Waals surface area contributed by atoms with E-state index in [2.05, 4.69) is 32.2 Å². The van der Waals surface area contributed by atoms with Crippen LogP contribution in [0.15, 0.2) is 60.8 Å². The van der Waals surface area contributed by atoms with Crippen LogP contribution in [0.1, 0.15) is 24.8 Å². The van der Waals surface area contributed by atoms with Gasteiger partial charge in [0.05, 0.1) is 29.0 Å². The van der Waals surface area contributed by atoms with Gasteiger partial charge in [0.25, 0.3) is 0 Å². The summed E-state index contributed by atoms with van der Waals surface area (Å²) in [6.07, 6.45) is 4.12. The van der Waals surface area contributed by atoms with Crippen molar-refractivity contribution in [2.45, 2.75) is 19.3 Å². The number of pyridine rings is 1. The lowest BCUT2D eigenvalue weighted by Crippen LogP contribution is -2.46. The molecule has 1 aromatic heterocycles. The third kappa shape index (κ3) is 5.59. The molecule has 1 N–H and O–H groups in total. The van der Waals surface area contributed by atoms with Crippen molar-refractivity contribution in [2.75, 3.05) is 42.9 Å². The topological polar surface area (TPSA) is 72.3 Å². The maximum Gasteiger partial charge on any atom is 0.224 e. The fourth-order valence-electron chi connectivity index (χ4n) is 3.99. The minimum Gasteiger partial charge on any atom is -0.369 e. The Balaban J connectivity index is 1.15. The zero-order valence-corrected chi connectivity index (χ0v) is 17.6. The number of hydrogen-bond acceptors (Lipinski definition) is 5. The second kappa shape index (κ2) is 10.1. The predicted molar refractivity (Wildman–Crippen MR) is 124 cm³/mol. The summed E-state index contributed by atoms with van der Waals surface area (Å²) in [5.74, 6) is 0.0410. The molecule has 1 amide bonds. The number of hydrogen-bond donors (Lipinski definition) is 1. The van der Waals surface area contributed by atoms with E-state index < -0.39 is 0 Å². The predicted octanol–water partition coefficient (Wildman–Crippen LogP) is 4.04. The number of fused-ring (bicyclic) bond motifs is 1. The summed E-state index contributed by atoms with van der Waals surface area (Å²) in [5, 5.41) is 13.1. The summed E-state index contributed by atoms with van der Waals surface area (Å²) >= 11 is 0. The third-order valence-electron chi connectivity index (χ3n) is 5.72. The van der Waals surface area contributed by atoms with Crippen LogP contribution in [-0.2, 0) is 4.79 Å². The van der Waals surface area contributed by atoms with Gasteiger partial charge >= 0.3 is 0 Å². The molecule has 1 aliphatic rings. The fourth-order valence-corrected chi connectivity index (χ4v) is 3.99. The van der Waals surface area contributed by atoms with E-state index in [1.807, 2.05) is 48.5 Å². The number of carbonyl (C=O) groups excluding carboxylic acids is 1. The van der Waals surface area contributed by atoms with Crippen molar-refractivity contribution in [3.05, 3.63) is 66.4 Å². The van der Waals surface area contributed by atoms with Gasteiger partial charge in [0.1, 0.15) is 0 Å². The maximum atomic E-state index is 12.3. The van der Waals surface area contributed by atoms with Crippen molar-refractivity contribution in [3.8, 4) is 6.07 Å². The number of piperazine rings is 1. The lowest BCUT2D eigenvalue weighted by atomic mass is 10.1. The van der Waals surface area contributed by atoms with Gasteiger partial charge in [-0.3, -0.25) is 14.7 Å². The standard InChI is InChI=1S/C25H27N5O/c26-18-20-6-5-8-23(16-20)30-14-12-29(13-15-30)11-4-3-10-25(31)28-22-17-21-7-1-2-9-24(21)27-19-22/h1-2,5-9,16-17,19H,3-4,10-15H2,(H,28,31). The zero-order valence-electron chi connectivity index (χ0n) is 17.6. The molecule has 6 nitrogen and oxygen atoms in total. The van der Waals surface area contributed by atoms with E-state index in [1.54, 1.807) is 6.20 Å². The van der Waals surface area contributed by atoms with Crippen molar-refractivity contribution < 1.29 is 4.79 Å². The largest absolute Gasteiger partial charge is 0.369 e. The molecule has 0 spiro atoms. The van der Waals surface area contributed by atoms with Crippen LogP contribution in [0.5, 0.6) is 0 Å². The van der Waals surface area contributed by atoms with Gasteiger partial charge in [0.15, 0.2) is 0 Å². The molecule has 3 aromatic rings. The van der Waals surface area contributed by atoms with Gasteiger partial charge < -0.3 is 10.2 Å². The molecule has 31 heavy (non-hydrogen) atoms. The first kappa shape index (κ1) is 20.8. The Kier molecular flexibility index (Phi) is 6.75. The highest BCUT2D eigenvalue weighted by Crippen LogP contribution is 2.19. The number of unbranched alkanes of at least 4 members (excludes halogenated alkanes) is 1. The lowest BCUT2D eigenvalue weighted by molar-refractivity contribution is -0.116. The van der Waals surface area contributed by atoms with Crippen LogP contribution in [0.3, 0.4) is 0 Å². The molecule has 2 heterocycles. The van der Waals surface area contributed by atoms with Gasteiger partial charge in [-0.2, -0.15) is 5.26 Å². The molecular weight excluding hydrogens is 386 g/mol. The highest BCUT2D eigenvalue weighted by molar-refractivity contribution is 5.93. The maximum absolute atomic E-state index is 12.3. The van der Waals surface area contributed by atoms with E-state index in [1.165, 1.54) is 0 Å². The number of carbonyl (C=O) groups is 1. The number of nitrogens with zero attached hydrogens (tertiary/aromatic N) is 4. The van der Waals surface area contributed by atoms with Crippen molar-refractivity contribution >= 4 is 28.2 Å². The molecular formula is C25H27N5O. The van der Waals surface area contributed by atoms with Crippen molar-refractivity contribution in [3.63, 3.8) is 0 Å². The molecule has 1 saturated heterocycles. The molecule has 0 atom stereocenters. The quantitative estimate of drug-likeness (QED) is 0.592. The second-order valence-electron chi connectivity index (χ2n) is 7.91. The van der Waals surface area contributed by atoms with Crippen molar-refractivity contribution in [1.82, 2.24) is 9.88 Å². The minimum absolute atomic E-state index is 0.0410. The minimum atomic E-state index is 0.0410. The van der Waals surface area contributed by atoms with Gasteiger partial charge in [-0.05, 0) is 49.7 Å². The van der Waals surface area contributed by atoms with Crippen LogP contribution in [0.4, 0.5) is 11.4 Å². The average molecular weight is 414 g/mol. The molecule has 4 rings (SSSR count). The molecule has 0 saturated carbocycles. The zero-order chi connectivity index (χ0) is 21.5. The highest BCUT2D eigenvalue weighted by Gasteiger charge is 2.17. The molecule has 1 aliphatic heterocycles. The van der Waals surface area contributed by atoms with Crippen LogP contribution < -0.4 is 10.2 Å². The van der Waals surface area contributed by atoms with E-state index in [9.17, 15) is 4.79 Å². The van der Waals surface area contributed by atoms with Crippen LogP contribution in [0.2, 0.25) is 0 Å². The summed E-state index contributed by atoms with van der Waals surface area (Å²) in [4.78, 5) is 21.4. The molecule has 1 fully saturated rings. The molecule has 158 valence electrons. The van der Waals surface area contributed by atoms with E-state index in [0.29, 0.717) is 12.0 Å². The average Bonchev–Trinajstić information content (AvgIpc) is 2.82. The van der Waals surface area contributed by atoms with Gasteiger partial charge in [0, 0.05) is 43.7 Å². The molecule has 0 radical (unpaired) electrons. The van der Waals surface area contributed by atoms with Crippen LogP contribution in [0, 0.1) is 11.3 Å². The lowest BCUT2D eigenvalue weighted by Gasteiger charge is -2.36. The number of benzene rings is 2. The van der Waals surface area contributed by atoms with E-state index in [0.717, 1.165) is 67.8 Å². The monoisotopic (exact) mass is 413 g/mol. The van der Waals surface area contributed by atoms with Crippen LogP contribution in [-0.4, -0.2) is 48.5 Å². The summed E-state index contributed by atoms with van der Waals surface area (Å²) in [7, 11) is 0. The molecule has 0 aliphatic carbocycles. The number of nitriles is 1. The summed E-state index contributed by atoms with van der Waals surface area (Å²) < 4.78 is 0. The summed E-state index contributed by atoms with van der Waals surface area (Å²) in [5.41, 5.74) is 3.51. The smallest absolute Gasteiger partial charge is 0.224 e. The first-order valence-corrected chi connectivity index (χ1v) is 10.8. The Morgan fingerprint density at radius 2 is 1.87 bits per heavy atom. The number of para-hydroxylation sites is 1. The summed E-state index contributed by atoms with van der Waals surface area (Å²) in [6.45, 7) is 4.95. The molecule has 6 heteroatoms. The number of nitrogens with one attached hydrogen (secondary N) is 1. The highest BCUT2D eigenvalue weighted by atomic mass is 16.1. The first-order valence-electron chi connectivity index (χ1n) is 10.8. The normalized spacial score (nSPS) is 14.4. The first-order chi connectivity index (χ1) is 15.2. The number of aromatic nitrogens is 1.